The summed E-state index contributed by atoms with van der Waals surface area (Å²) >= 11 is 0. The van der Waals surface area contributed by atoms with Crippen molar-refractivity contribution in [2.75, 3.05) is 7.11 Å². The predicted molar refractivity (Wildman–Crippen MR) is 72.6 cm³/mol. The van der Waals surface area contributed by atoms with E-state index in [4.69, 9.17) is 10.5 Å². The van der Waals surface area contributed by atoms with E-state index in [2.05, 4.69) is 17.1 Å². The van der Waals surface area contributed by atoms with Crippen LogP contribution < -0.4 is 10.5 Å². The number of hydrogen-bond donors (Lipinski definition) is 1. The molecule has 1 atom stereocenters. The SMILES string of the molecule is COc1ccc(CC(N)Cc2ccccc2)cn1. The quantitative estimate of drug-likeness (QED) is 0.874. The highest BCUT2D eigenvalue weighted by Gasteiger charge is 2.06. The number of pyridine rings is 1. The zero-order chi connectivity index (χ0) is 12.8. The first-order valence-corrected chi connectivity index (χ1v) is 6.06. The Morgan fingerprint density at radius 1 is 1.06 bits per heavy atom. The largest absolute Gasteiger partial charge is 0.481 e. The van der Waals surface area contributed by atoms with Gasteiger partial charge in [0.05, 0.1) is 7.11 Å². The third-order valence-corrected chi connectivity index (χ3v) is 2.85. The Morgan fingerprint density at radius 2 is 1.78 bits per heavy atom. The molecule has 0 saturated carbocycles. The maximum absolute atomic E-state index is 6.15. The molecule has 0 fully saturated rings. The van der Waals surface area contributed by atoms with Crippen molar-refractivity contribution >= 4 is 0 Å². The van der Waals surface area contributed by atoms with Gasteiger partial charge in [-0.1, -0.05) is 36.4 Å². The maximum atomic E-state index is 6.15. The molecule has 18 heavy (non-hydrogen) atoms. The first kappa shape index (κ1) is 12.6. The van der Waals surface area contributed by atoms with Gasteiger partial charge in [0.1, 0.15) is 0 Å². The van der Waals surface area contributed by atoms with Crippen molar-refractivity contribution in [1.82, 2.24) is 4.98 Å². The number of benzene rings is 1. The highest BCUT2D eigenvalue weighted by molar-refractivity contribution is 5.20. The van der Waals surface area contributed by atoms with Gasteiger partial charge in [0.25, 0.3) is 0 Å². The van der Waals surface area contributed by atoms with Gasteiger partial charge in [0.15, 0.2) is 0 Å². The summed E-state index contributed by atoms with van der Waals surface area (Å²) in [5.74, 6) is 0.635. The summed E-state index contributed by atoms with van der Waals surface area (Å²) in [6.07, 6.45) is 3.53. The Hall–Kier alpha value is -1.87. The number of aromatic nitrogens is 1. The van der Waals surface area contributed by atoms with E-state index >= 15 is 0 Å². The number of rotatable bonds is 5. The minimum Gasteiger partial charge on any atom is -0.481 e. The van der Waals surface area contributed by atoms with Gasteiger partial charge >= 0.3 is 0 Å². The first-order valence-electron chi connectivity index (χ1n) is 6.06. The van der Waals surface area contributed by atoms with Crippen LogP contribution in [-0.2, 0) is 12.8 Å². The van der Waals surface area contributed by atoms with Crippen LogP contribution in [0.4, 0.5) is 0 Å². The molecule has 0 radical (unpaired) electrons. The molecule has 1 aromatic carbocycles. The fourth-order valence-corrected chi connectivity index (χ4v) is 1.94. The summed E-state index contributed by atoms with van der Waals surface area (Å²) in [6, 6.07) is 14.3. The van der Waals surface area contributed by atoms with Crippen LogP contribution in [-0.4, -0.2) is 18.1 Å². The Kier molecular flexibility index (Phi) is 4.31. The Balaban J connectivity index is 1.92. The number of hydrogen-bond acceptors (Lipinski definition) is 3. The highest BCUT2D eigenvalue weighted by Crippen LogP contribution is 2.10. The molecule has 2 N–H and O–H groups in total. The summed E-state index contributed by atoms with van der Waals surface area (Å²) in [6.45, 7) is 0. The van der Waals surface area contributed by atoms with Crippen LogP contribution in [0, 0.1) is 0 Å². The molecule has 1 unspecified atom stereocenters. The van der Waals surface area contributed by atoms with Gasteiger partial charge in [-0.05, 0) is 24.0 Å². The van der Waals surface area contributed by atoms with Gasteiger partial charge in [0, 0.05) is 18.3 Å². The third kappa shape index (κ3) is 3.57. The molecule has 0 aliphatic rings. The number of ether oxygens (including phenoxy) is 1. The summed E-state index contributed by atoms with van der Waals surface area (Å²) in [4.78, 5) is 4.18. The molecule has 0 aliphatic carbocycles. The van der Waals surface area contributed by atoms with Crippen LogP contribution in [0.1, 0.15) is 11.1 Å². The second-order valence-electron chi connectivity index (χ2n) is 4.36. The standard InChI is InChI=1S/C15H18N2O/c1-18-15-8-7-13(11-17-15)10-14(16)9-12-5-3-2-4-6-12/h2-8,11,14H,9-10,16H2,1H3. The Bertz CT molecular complexity index is 468. The molecule has 0 aliphatic heterocycles. The molecular weight excluding hydrogens is 224 g/mol. The fraction of sp³-hybridized carbons (Fsp3) is 0.267. The molecule has 2 rings (SSSR count). The van der Waals surface area contributed by atoms with E-state index in [9.17, 15) is 0 Å². The average molecular weight is 242 g/mol. The lowest BCUT2D eigenvalue weighted by atomic mass is 10.0. The number of methoxy groups -OCH3 is 1. The van der Waals surface area contributed by atoms with E-state index in [-0.39, 0.29) is 6.04 Å². The molecule has 3 nitrogen and oxygen atoms in total. The highest BCUT2D eigenvalue weighted by atomic mass is 16.5. The van der Waals surface area contributed by atoms with E-state index in [1.54, 1.807) is 7.11 Å². The van der Waals surface area contributed by atoms with Crippen molar-refractivity contribution in [1.29, 1.82) is 0 Å². The number of nitrogens with two attached hydrogens (primary N) is 1. The van der Waals surface area contributed by atoms with Crippen LogP contribution in [0.5, 0.6) is 5.88 Å². The Morgan fingerprint density at radius 3 is 2.39 bits per heavy atom. The lowest BCUT2D eigenvalue weighted by Crippen LogP contribution is -2.25. The van der Waals surface area contributed by atoms with Crippen molar-refractivity contribution in [3.8, 4) is 5.88 Å². The van der Waals surface area contributed by atoms with Gasteiger partial charge in [-0.25, -0.2) is 4.98 Å². The normalized spacial score (nSPS) is 12.1. The monoisotopic (exact) mass is 242 g/mol. The molecule has 2 aromatic rings. The maximum Gasteiger partial charge on any atom is 0.212 e. The van der Waals surface area contributed by atoms with Crippen LogP contribution in [0.15, 0.2) is 48.7 Å². The predicted octanol–water partition coefficient (Wildman–Crippen LogP) is 2.20. The molecular formula is C15H18N2O. The second kappa shape index (κ2) is 6.17. The summed E-state index contributed by atoms with van der Waals surface area (Å²) in [5.41, 5.74) is 8.56. The van der Waals surface area contributed by atoms with Crippen molar-refractivity contribution in [3.63, 3.8) is 0 Å². The zero-order valence-electron chi connectivity index (χ0n) is 10.5. The molecule has 0 spiro atoms. The fourth-order valence-electron chi connectivity index (χ4n) is 1.94. The zero-order valence-corrected chi connectivity index (χ0v) is 10.5. The van der Waals surface area contributed by atoms with Crippen molar-refractivity contribution < 1.29 is 4.74 Å². The molecule has 3 heteroatoms. The van der Waals surface area contributed by atoms with Crippen molar-refractivity contribution in [2.24, 2.45) is 5.73 Å². The van der Waals surface area contributed by atoms with Crippen LogP contribution in [0.2, 0.25) is 0 Å². The van der Waals surface area contributed by atoms with E-state index in [1.807, 2.05) is 36.5 Å². The summed E-state index contributed by atoms with van der Waals surface area (Å²) in [5, 5.41) is 0. The van der Waals surface area contributed by atoms with E-state index < -0.39 is 0 Å². The summed E-state index contributed by atoms with van der Waals surface area (Å²) < 4.78 is 5.03. The lowest BCUT2D eigenvalue weighted by molar-refractivity contribution is 0.397. The van der Waals surface area contributed by atoms with Gasteiger partial charge in [0.2, 0.25) is 5.88 Å². The van der Waals surface area contributed by atoms with Crippen LogP contribution >= 0.6 is 0 Å². The van der Waals surface area contributed by atoms with Crippen molar-refractivity contribution in [3.05, 3.63) is 59.8 Å². The average Bonchev–Trinajstić information content (AvgIpc) is 2.40. The summed E-state index contributed by atoms with van der Waals surface area (Å²) in [7, 11) is 1.61. The van der Waals surface area contributed by atoms with Crippen LogP contribution in [0.25, 0.3) is 0 Å². The number of nitrogens with zero attached hydrogens (tertiary/aromatic N) is 1. The third-order valence-electron chi connectivity index (χ3n) is 2.85. The van der Waals surface area contributed by atoms with Gasteiger partial charge in [-0.15, -0.1) is 0 Å². The van der Waals surface area contributed by atoms with Gasteiger partial charge in [-0.3, -0.25) is 0 Å². The molecule has 0 saturated heterocycles. The molecule has 0 bridgehead atoms. The minimum absolute atomic E-state index is 0.114. The van der Waals surface area contributed by atoms with Gasteiger partial charge < -0.3 is 10.5 Å². The molecule has 1 heterocycles. The first-order chi connectivity index (χ1) is 8.78. The molecule has 0 amide bonds. The van der Waals surface area contributed by atoms with E-state index in [0.717, 1.165) is 18.4 Å². The minimum atomic E-state index is 0.114. The smallest absolute Gasteiger partial charge is 0.212 e. The van der Waals surface area contributed by atoms with E-state index in [1.165, 1.54) is 5.56 Å². The van der Waals surface area contributed by atoms with Crippen molar-refractivity contribution in [2.45, 2.75) is 18.9 Å². The van der Waals surface area contributed by atoms with Crippen LogP contribution in [0.3, 0.4) is 0 Å². The second-order valence-corrected chi connectivity index (χ2v) is 4.36. The lowest BCUT2D eigenvalue weighted by Gasteiger charge is -2.11. The molecule has 1 aromatic heterocycles. The molecule has 94 valence electrons. The Labute approximate surface area is 108 Å². The van der Waals surface area contributed by atoms with Gasteiger partial charge in [-0.2, -0.15) is 0 Å². The van der Waals surface area contributed by atoms with E-state index in [0.29, 0.717) is 5.88 Å². The topological polar surface area (TPSA) is 48.1 Å².